The van der Waals surface area contributed by atoms with Gasteiger partial charge in [0, 0.05) is 19.0 Å². The number of phenols is 1. The highest BCUT2D eigenvalue weighted by molar-refractivity contribution is 5.25. The maximum atomic E-state index is 9.07. The molecule has 1 aromatic carbocycles. The van der Waals surface area contributed by atoms with Gasteiger partial charge < -0.3 is 15.2 Å². The molecule has 1 fully saturated rings. The number of aromatic hydroxyl groups is 1. The molecule has 1 aliphatic rings. The first-order valence-electron chi connectivity index (χ1n) is 4.91. The molecule has 0 aromatic heterocycles. The van der Waals surface area contributed by atoms with E-state index in [0.29, 0.717) is 18.3 Å². The largest absolute Gasteiger partial charge is 0.508 e. The average Bonchev–Trinajstić information content (AvgIpc) is 2.12. The lowest BCUT2D eigenvalue weighted by molar-refractivity contribution is 0.0689. The molecular formula is C11H15NO2. The summed E-state index contributed by atoms with van der Waals surface area (Å²) in [4.78, 5) is 0. The molecule has 14 heavy (non-hydrogen) atoms. The Labute approximate surface area is 83.7 Å². The molecule has 3 nitrogen and oxygen atoms in total. The number of nitrogens with one attached hydrogen (secondary N) is 1. The lowest BCUT2D eigenvalue weighted by Gasteiger charge is -2.26. The zero-order valence-corrected chi connectivity index (χ0v) is 8.07. The number of hydrogen-bond acceptors (Lipinski definition) is 3. The van der Waals surface area contributed by atoms with Crippen molar-refractivity contribution in [3.63, 3.8) is 0 Å². The first-order valence-corrected chi connectivity index (χ1v) is 4.91. The van der Waals surface area contributed by atoms with Crippen molar-refractivity contribution < 1.29 is 9.84 Å². The maximum absolute atomic E-state index is 9.07. The smallest absolute Gasteiger partial charge is 0.115 e. The Balaban J connectivity index is 1.71. The molecular weight excluding hydrogens is 178 g/mol. The van der Waals surface area contributed by atoms with Gasteiger partial charge in [0.05, 0.1) is 13.2 Å². The summed E-state index contributed by atoms with van der Waals surface area (Å²) in [6.45, 7) is 3.62. The summed E-state index contributed by atoms with van der Waals surface area (Å²) >= 11 is 0. The second kappa shape index (κ2) is 4.44. The minimum absolute atomic E-state index is 0.303. The molecule has 76 valence electrons. The maximum Gasteiger partial charge on any atom is 0.115 e. The highest BCUT2D eigenvalue weighted by Crippen LogP contribution is 2.11. The molecule has 1 aromatic rings. The Kier molecular flexibility index (Phi) is 3.01. The Morgan fingerprint density at radius 2 is 2.00 bits per heavy atom. The van der Waals surface area contributed by atoms with E-state index in [9.17, 15) is 0 Å². The Bertz CT molecular complexity index is 280. The number of hydrogen-bond donors (Lipinski definition) is 2. The van der Waals surface area contributed by atoms with E-state index in [4.69, 9.17) is 9.84 Å². The standard InChI is InChI=1S/C11H15NO2/c13-11-3-1-9(2-4-11)7-14-8-10-5-12-6-10/h1-4,10,12-13H,5-8H2. The quantitative estimate of drug-likeness (QED) is 0.753. The van der Waals surface area contributed by atoms with Crippen LogP contribution in [0.15, 0.2) is 24.3 Å². The number of ether oxygens (including phenoxy) is 1. The van der Waals surface area contributed by atoms with Gasteiger partial charge in [0.25, 0.3) is 0 Å². The van der Waals surface area contributed by atoms with Gasteiger partial charge >= 0.3 is 0 Å². The van der Waals surface area contributed by atoms with Crippen LogP contribution < -0.4 is 5.32 Å². The summed E-state index contributed by atoms with van der Waals surface area (Å²) in [7, 11) is 0. The lowest BCUT2D eigenvalue weighted by atomic mass is 10.1. The van der Waals surface area contributed by atoms with E-state index in [1.165, 1.54) is 0 Å². The average molecular weight is 193 g/mol. The molecule has 2 rings (SSSR count). The van der Waals surface area contributed by atoms with E-state index in [2.05, 4.69) is 5.32 Å². The summed E-state index contributed by atoms with van der Waals surface area (Å²) in [5.41, 5.74) is 1.11. The van der Waals surface area contributed by atoms with Crippen LogP contribution in [0.3, 0.4) is 0 Å². The molecule has 0 spiro atoms. The van der Waals surface area contributed by atoms with Gasteiger partial charge in [-0.2, -0.15) is 0 Å². The zero-order valence-electron chi connectivity index (χ0n) is 8.07. The van der Waals surface area contributed by atoms with E-state index in [0.717, 1.165) is 25.3 Å². The highest BCUT2D eigenvalue weighted by Gasteiger charge is 2.16. The van der Waals surface area contributed by atoms with Crippen molar-refractivity contribution in [1.29, 1.82) is 0 Å². The molecule has 0 aliphatic carbocycles. The fourth-order valence-electron chi connectivity index (χ4n) is 1.40. The summed E-state index contributed by atoms with van der Waals surface area (Å²) < 4.78 is 5.54. The minimum atomic E-state index is 0.303. The number of phenolic OH excluding ortho intramolecular Hbond substituents is 1. The van der Waals surface area contributed by atoms with Crippen molar-refractivity contribution in [2.45, 2.75) is 6.61 Å². The van der Waals surface area contributed by atoms with Crippen molar-refractivity contribution in [1.82, 2.24) is 5.32 Å². The summed E-state index contributed by atoms with van der Waals surface area (Å²) in [5.74, 6) is 0.990. The van der Waals surface area contributed by atoms with Gasteiger partial charge in [-0.25, -0.2) is 0 Å². The van der Waals surface area contributed by atoms with E-state index in [1.807, 2.05) is 12.1 Å². The van der Waals surface area contributed by atoms with E-state index < -0.39 is 0 Å². The highest BCUT2D eigenvalue weighted by atomic mass is 16.5. The molecule has 1 heterocycles. The van der Waals surface area contributed by atoms with Crippen molar-refractivity contribution in [2.24, 2.45) is 5.92 Å². The van der Waals surface area contributed by atoms with Crippen LogP contribution in [-0.2, 0) is 11.3 Å². The van der Waals surface area contributed by atoms with Crippen molar-refractivity contribution >= 4 is 0 Å². The summed E-state index contributed by atoms with van der Waals surface area (Å²) in [5, 5.41) is 12.3. The molecule has 3 heteroatoms. The normalized spacial score (nSPS) is 16.6. The van der Waals surface area contributed by atoms with E-state index in [-0.39, 0.29) is 0 Å². The minimum Gasteiger partial charge on any atom is -0.508 e. The Morgan fingerprint density at radius 3 is 2.57 bits per heavy atom. The third kappa shape index (κ3) is 2.47. The van der Waals surface area contributed by atoms with E-state index >= 15 is 0 Å². The molecule has 1 saturated heterocycles. The SMILES string of the molecule is Oc1ccc(COCC2CNC2)cc1. The van der Waals surface area contributed by atoms with Crippen LogP contribution in [0.4, 0.5) is 0 Å². The predicted octanol–water partition coefficient (Wildman–Crippen LogP) is 1.13. The third-order valence-electron chi connectivity index (χ3n) is 2.42. The first-order chi connectivity index (χ1) is 6.84. The predicted molar refractivity (Wildman–Crippen MR) is 54.1 cm³/mol. The van der Waals surface area contributed by atoms with Gasteiger partial charge in [-0.3, -0.25) is 0 Å². The van der Waals surface area contributed by atoms with Gasteiger partial charge in [0.2, 0.25) is 0 Å². The fraction of sp³-hybridized carbons (Fsp3) is 0.455. The fourth-order valence-corrected chi connectivity index (χ4v) is 1.40. The monoisotopic (exact) mass is 193 g/mol. The van der Waals surface area contributed by atoms with Crippen LogP contribution in [0.1, 0.15) is 5.56 Å². The Morgan fingerprint density at radius 1 is 1.29 bits per heavy atom. The zero-order chi connectivity index (χ0) is 9.80. The summed E-state index contributed by atoms with van der Waals surface area (Å²) in [6, 6.07) is 7.13. The van der Waals surface area contributed by atoms with Crippen LogP contribution in [0.2, 0.25) is 0 Å². The lowest BCUT2D eigenvalue weighted by Crippen LogP contribution is -2.44. The molecule has 0 atom stereocenters. The third-order valence-corrected chi connectivity index (χ3v) is 2.42. The van der Waals surface area contributed by atoms with Crippen molar-refractivity contribution in [3.8, 4) is 5.75 Å². The second-order valence-corrected chi connectivity index (χ2v) is 3.71. The van der Waals surface area contributed by atoms with Crippen LogP contribution in [0, 0.1) is 5.92 Å². The summed E-state index contributed by atoms with van der Waals surface area (Å²) in [6.07, 6.45) is 0. The van der Waals surface area contributed by atoms with E-state index in [1.54, 1.807) is 12.1 Å². The topological polar surface area (TPSA) is 41.5 Å². The van der Waals surface area contributed by atoms with Crippen LogP contribution in [0.5, 0.6) is 5.75 Å². The second-order valence-electron chi connectivity index (χ2n) is 3.71. The van der Waals surface area contributed by atoms with Crippen LogP contribution in [0.25, 0.3) is 0 Å². The van der Waals surface area contributed by atoms with Gasteiger partial charge in [0.1, 0.15) is 5.75 Å². The molecule has 2 N–H and O–H groups in total. The van der Waals surface area contributed by atoms with Crippen LogP contribution >= 0.6 is 0 Å². The molecule has 1 aliphatic heterocycles. The first kappa shape index (κ1) is 9.49. The number of benzene rings is 1. The molecule has 0 amide bonds. The van der Waals surface area contributed by atoms with Crippen molar-refractivity contribution in [2.75, 3.05) is 19.7 Å². The Hall–Kier alpha value is -1.06. The van der Waals surface area contributed by atoms with Gasteiger partial charge in [0.15, 0.2) is 0 Å². The molecule has 0 radical (unpaired) electrons. The number of rotatable bonds is 4. The molecule has 0 saturated carbocycles. The molecule has 0 unspecified atom stereocenters. The van der Waals surface area contributed by atoms with Gasteiger partial charge in [-0.15, -0.1) is 0 Å². The van der Waals surface area contributed by atoms with Crippen LogP contribution in [-0.4, -0.2) is 24.8 Å². The van der Waals surface area contributed by atoms with Gasteiger partial charge in [-0.1, -0.05) is 12.1 Å². The van der Waals surface area contributed by atoms with Gasteiger partial charge in [-0.05, 0) is 17.7 Å². The van der Waals surface area contributed by atoms with Crippen molar-refractivity contribution in [3.05, 3.63) is 29.8 Å². The molecule has 0 bridgehead atoms.